The first-order valence-corrected chi connectivity index (χ1v) is 19.9. The van der Waals surface area contributed by atoms with Crippen LogP contribution in [0.15, 0.2) is 133 Å². The van der Waals surface area contributed by atoms with Crippen molar-refractivity contribution in [3.8, 4) is 22.6 Å². The molecule has 2 aliphatic rings. The van der Waals surface area contributed by atoms with Gasteiger partial charge < -0.3 is 0 Å². The maximum atomic E-state index is 7.37. The van der Waals surface area contributed by atoms with E-state index in [-0.39, 0.29) is 6.04 Å². The van der Waals surface area contributed by atoms with Gasteiger partial charge in [-0.3, -0.25) is 0 Å². The van der Waals surface area contributed by atoms with Gasteiger partial charge in [0.2, 0.25) is 0 Å². The fraction of sp³-hybridized carbons (Fsp3) is 0.200. The molecule has 6 aromatic carbocycles. The SMILES string of the molecule is [Se]=P1(N(Cc2ccccc2)[C@@H](c2ccccc2)C2CCCCC2)Oc2ccc3ccccc3c2-c2c(ccc3ccccc23)O1. The van der Waals surface area contributed by atoms with Gasteiger partial charge in [-0.2, -0.15) is 0 Å². The Labute approximate surface area is 273 Å². The molecule has 0 spiro atoms. The fourth-order valence-corrected chi connectivity index (χ4v) is 11.5. The van der Waals surface area contributed by atoms with E-state index in [1.54, 1.807) is 0 Å². The number of hydrogen-bond acceptors (Lipinski definition) is 3. The summed E-state index contributed by atoms with van der Waals surface area (Å²) in [6, 6.07) is 47.9. The third kappa shape index (κ3) is 5.45. The zero-order valence-corrected chi connectivity index (χ0v) is 27.8. The van der Waals surface area contributed by atoms with Crippen molar-refractivity contribution in [2.24, 2.45) is 5.92 Å². The van der Waals surface area contributed by atoms with Crippen molar-refractivity contribution in [3.05, 3.63) is 145 Å². The van der Waals surface area contributed by atoms with Crippen LogP contribution in [0.25, 0.3) is 32.7 Å². The Hall–Kier alpha value is -3.65. The molecule has 0 aromatic heterocycles. The molecule has 1 aliphatic carbocycles. The molecule has 0 N–H and O–H groups in total. The minimum atomic E-state index is -2.88. The molecule has 3 nitrogen and oxygen atoms in total. The second-order valence-electron chi connectivity index (χ2n) is 12.3. The predicted molar refractivity (Wildman–Crippen MR) is 189 cm³/mol. The maximum absolute atomic E-state index is 7.37. The van der Waals surface area contributed by atoms with Gasteiger partial charge in [-0.05, 0) is 0 Å². The predicted octanol–water partition coefficient (Wildman–Crippen LogP) is 11.1. The van der Waals surface area contributed by atoms with Gasteiger partial charge in [-0.25, -0.2) is 0 Å². The Balaban J connectivity index is 1.38. The normalized spacial score (nSPS) is 16.7. The molecule has 0 radical (unpaired) electrons. The van der Waals surface area contributed by atoms with E-state index in [4.69, 9.17) is 9.05 Å². The van der Waals surface area contributed by atoms with Crippen LogP contribution >= 0.6 is 6.11 Å². The Morgan fingerprint density at radius 1 is 0.600 bits per heavy atom. The minimum absolute atomic E-state index is 0.132. The molecule has 6 aromatic rings. The summed E-state index contributed by atoms with van der Waals surface area (Å²) in [7, 11) is 0. The molecule has 0 unspecified atom stereocenters. The summed E-state index contributed by atoms with van der Waals surface area (Å²) >= 11 is 3.61. The van der Waals surface area contributed by atoms with Gasteiger partial charge in [0.15, 0.2) is 0 Å². The molecule has 0 saturated heterocycles. The van der Waals surface area contributed by atoms with Crippen molar-refractivity contribution in [3.63, 3.8) is 0 Å². The van der Waals surface area contributed by atoms with Gasteiger partial charge in [0.25, 0.3) is 0 Å². The molecule has 224 valence electrons. The summed E-state index contributed by atoms with van der Waals surface area (Å²) < 4.78 is 17.3. The second-order valence-corrected chi connectivity index (χ2v) is 17.0. The summed E-state index contributed by atoms with van der Waals surface area (Å²) in [5, 5.41) is 4.72. The van der Waals surface area contributed by atoms with Gasteiger partial charge in [0.05, 0.1) is 0 Å². The number of fused-ring (bicyclic) bond motifs is 7. The van der Waals surface area contributed by atoms with Gasteiger partial charge in [-0.1, -0.05) is 0 Å². The summed E-state index contributed by atoms with van der Waals surface area (Å²) in [5.74, 6) is 2.23. The van der Waals surface area contributed by atoms with Crippen LogP contribution in [-0.2, 0) is 6.54 Å². The zero-order valence-electron chi connectivity index (χ0n) is 25.2. The van der Waals surface area contributed by atoms with Crippen LogP contribution < -0.4 is 9.05 Å². The Bertz CT molecular complexity index is 1930. The van der Waals surface area contributed by atoms with E-state index in [9.17, 15) is 0 Å². The second kappa shape index (κ2) is 12.3. The molecule has 5 heteroatoms. The van der Waals surface area contributed by atoms with Gasteiger partial charge in [0, 0.05) is 0 Å². The van der Waals surface area contributed by atoms with Crippen molar-refractivity contribution < 1.29 is 9.05 Å². The summed E-state index contributed by atoms with van der Waals surface area (Å²) in [6.45, 7) is 0.712. The number of benzene rings is 6. The molecule has 0 bridgehead atoms. The van der Waals surface area contributed by atoms with Crippen molar-refractivity contribution in [1.29, 1.82) is 0 Å². The van der Waals surface area contributed by atoms with E-state index in [1.807, 2.05) is 0 Å². The van der Waals surface area contributed by atoms with Gasteiger partial charge in [0.1, 0.15) is 0 Å². The van der Waals surface area contributed by atoms with Crippen molar-refractivity contribution in [1.82, 2.24) is 4.67 Å². The van der Waals surface area contributed by atoms with E-state index in [2.05, 4.69) is 153 Å². The van der Waals surface area contributed by atoms with Gasteiger partial charge in [-0.15, -0.1) is 0 Å². The van der Waals surface area contributed by atoms with Crippen LogP contribution in [0.5, 0.6) is 11.5 Å². The molecule has 1 atom stereocenters. The Kier molecular flexibility index (Phi) is 7.85. The van der Waals surface area contributed by atoms with Crippen LogP contribution in [0.3, 0.4) is 0 Å². The first-order chi connectivity index (χ1) is 22.2. The molecule has 45 heavy (non-hydrogen) atoms. The quantitative estimate of drug-likeness (QED) is 0.130. The molecule has 1 aliphatic heterocycles. The van der Waals surface area contributed by atoms with Crippen LogP contribution in [-0.4, -0.2) is 19.8 Å². The van der Waals surface area contributed by atoms with Crippen molar-refractivity contribution >= 4 is 42.8 Å². The average molecular weight is 673 g/mol. The topological polar surface area (TPSA) is 21.7 Å². The van der Waals surface area contributed by atoms with Crippen molar-refractivity contribution in [2.45, 2.75) is 44.7 Å². The first-order valence-electron chi connectivity index (χ1n) is 16.1. The molecule has 8 rings (SSSR count). The van der Waals surface area contributed by atoms with Crippen LogP contribution in [0, 0.1) is 5.92 Å². The van der Waals surface area contributed by atoms with Gasteiger partial charge >= 0.3 is 274 Å². The summed E-state index contributed by atoms with van der Waals surface area (Å²) in [5.41, 5.74) is 4.78. The fourth-order valence-electron chi connectivity index (χ4n) is 7.44. The zero-order chi connectivity index (χ0) is 30.2. The van der Waals surface area contributed by atoms with E-state index < -0.39 is 6.11 Å². The third-order valence-corrected chi connectivity index (χ3v) is 13.7. The molecular formula is C40H36NO2PSe. The number of rotatable bonds is 6. The van der Waals surface area contributed by atoms with Crippen LogP contribution in [0.1, 0.15) is 49.3 Å². The molecule has 1 fully saturated rings. The van der Waals surface area contributed by atoms with E-state index in [0.29, 0.717) is 12.5 Å². The summed E-state index contributed by atoms with van der Waals surface area (Å²) in [6.07, 6.45) is 3.35. The molecule has 1 heterocycles. The van der Waals surface area contributed by atoms with E-state index in [0.717, 1.165) is 22.6 Å². The third-order valence-electron chi connectivity index (χ3n) is 9.52. The van der Waals surface area contributed by atoms with Crippen molar-refractivity contribution in [2.75, 3.05) is 0 Å². The van der Waals surface area contributed by atoms with Crippen LogP contribution in [0.4, 0.5) is 0 Å². The Morgan fingerprint density at radius 2 is 1.11 bits per heavy atom. The monoisotopic (exact) mass is 673 g/mol. The standard InChI is InChI=1S/C40H36NO2PSe/c45-44(41(28-29-14-4-1-5-15-29)40(32-18-6-2-7-19-32)33-20-8-3-9-21-33)42-36-26-24-30-16-10-12-22-34(30)38(36)39-35-23-13-11-17-31(35)25-27-37(39)43-44/h1-2,4-7,10-19,22-27,33,40H,3,8-9,20-21,28H2/t40-/m0/s1. The number of nitrogens with zero attached hydrogens (tertiary/aromatic N) is 1. The molecule has 0 amide bonds. The molecule has 1 saturated carbocycles. The molecular weight excluding hydrogens is 636 g/mol. The summed E-state index contributed by atoms with van der Waals surface area (Å²) in [4.78, 5) is 0. The Morgan fingerprint density at radius 3 is 1.69 bits per heavy atom. The average Bonchev–Trinajstić information content (AvgIpc) is 3.23. The van der Waals surface area contributed by atoms with E-state index in [1.165, 1.54) is 64.8 Å². The van der Waals surface area contributed by atoms with E-state index >= 15 is 0 Å². The van der Waals surface area contributed by atoms with Crippen LogP contribution in [0.2, 0.25) is 0 Å². The first kappa shape index (κ1) is 28.8. The number of hydrogen-bond donors (Lipinski definition) is 0.